The Balaban J connectivity index is 2.58. The molecule has 2 heteroatoms. The van der Waals surface area contributed by atoms with E-state index in [0.29, 0.717) is 12.6 Å². The minimum Gasteiger partial charge on any atom is -0.380 e. The van der Waals surface area contributed by atoms with Gasteiger partial charge in [-0.05, 0) is 11.1 Å². The van der Waals surface area contributed by atoms with Crippen LogP contribution >= 0.6 is 0 Å². The average molecular weight is 219 g/mol. The Morgan fingerprint density at radius 1 is 1.31 bits per heavy atom. The van der Waals surface area contributed by atoms with Crippen LogP contribution in [-0.2, 0) is 11.3 Å². The summed E-state index contributed by atoms with van der Waals surface area (Å²) in [6.45, 7) is 5.86. The molecule has 0 heterocycles. The molecule has 1 N–H and O–H groups in total. The van der Waals surface area contributed by atoms with E-state index in [1.54, 1.807) is 7.11 Å². The third-order valence-electron chi connectivity index (χ3n) is 2.30. The van der Waals surface area contributed by atoms with Gasteiger partial charge in [0.15, 0.2) is 0 Å². The Morgan fingerprint density at radius 3 is 2.75 bits per heavy atom. The fourth-order valence-corrected chi connectivity index (χ4v) is 1.47. The van der Waals surface area contributed by atoms with Gasteiger partial charge in [0.05, 0.1) is 6.61 Å². The first-order valence-corrected chi connectivity index (χ1v) is 5.71. The highest BCUT2D eigenvalue weighted by atomic mass is 16.5. The van der Waals surface area contributed by atoms with Crippen LogP contribution in [0.4, 0.5) is 0 Å². The van der Waals surface area contributed by atoms with E-state index >= 15 is 0 Å². The van der Waals surface area contributed by atoms with Gasteiger partial charge >= 0.3 is 0 Å². The summed E-state index contributed by atoms with van der Waals surface area (Å²) in [5.74, 6) is 0. The van der Waals surface area contributed by atoms with Crippen molar-refractivity contribution in [1.82, 2.24) is 5.32 Å². The second-order valence-electron chi connectivity index (χ2n) is 4.10. The summed E-state index contributed by atoms with van der Waals surface area (Å²) in [5.41, 5.74) is 2.46. The molecule has 0 unspecified atom stereocenters. The number of rotatable bonds is 6. The average Bonchev–Trinajstić information content (AvgIpc) is 2.26. The molecule has 0 saturated carbocycles. The topological polar surface area (TPSA) is 21.3 Å². The van der Waals surface area contributed by atoms with Crippen LogP contribution in [0.2, 0.25) is 0 Å². The van der Waals surface area contributed by atoms with Crippen LogP contribution in [0.15, 0.2) is 30.3 Å². The third-order valence-corrected chi connectivity index (χ3v) is 2.30. The Labute approximate surface area is 98.3 Å². The van der Waals surface area contributed by atoms with E-state index in [0.717, 1.165) is 6.54 Å². The number of nitrogens with one attached hydrogen (secondary N) is 1. The van der Waals surface area contributed by atoms with Crippen molar-refractivity contribution in [2.75, 3.05) is 13.7 Å². The molecule has 0 amide bonds. The molecule has 0 bridgehead atoms. The zero-order valence-electron chi connectivity index (χ0n) is 10.4. The van der Waals surface area contributed by atoms with E-state index in [1.807, 2.05) is 6.07 Å². The van der Waals surface area contributed by atoms with Gasteiger partial charge < -0.3 is 10.1 Å². The minimum absolute atomic E-state index is 0.527. The van der Waals surface area contributed by atoms with Crippen LogP contribution in [0.25, 0.3) is 6.08 Å². The lowest BCUT2D eigenvalue weighted by Crippen LogP contribution is -2.22. The fraction of sp³-hybridized carbons (Fsp3) is 0.429. The predicted molar refractivity (Wildman–Crippen MR) is 69.3 cm³/mol. The van der Waals surface area contributed by atoms with E-state index in [9.17, 15) is 0 Å². The van der Waals surface area contributed by atoms with Gasteiger partial charge in [-0.2, -0.15) is 0 Å². The number of methoxy groups -OCH3 is 1. The van der Waals surface area contributed by atoms with E-state index in [4.69, 9.17) is 4.74 Å². The molecule has 0 aliphatic heterocycles. The summed E-state index contributed by atoms with van der Waals surface area (Å²) in [6, 6.07) is 8.82. The van der Waals surface area contributed by atoms with Gasteiger partial charge in [0.1, 0.15) is 0 Å². The predicted octanol–water partition coefficient (Wildman–Crippen LogP) is 2.84. The molecule has 0 atom stereocenters. The van der Waals surface area contributed by atoms with Crippen LogP contribution in [0.1, 0.15) is 25.0 Å². The van der Waals surface area contributed by atoms with Crippen molar-refractivity contribution in [3.63, 3.8) is 0 Å². The van der Waals surface area contributed by atoms with Crippen LogP contribution in [0, 0.1) is 0 Å². The molecule has 0 radical (unpaired) electrons. The van der Waals surface area contributed by atoms with Gasteiger partial charge in [-0.3, -0.25) is 0 Å². The van der Waals surface area contributed by atoms with Crippen molar-refractivity contribution >= 4 is 6.08 Å². The molecule has 1 aromatic rings. The lowest BCUT2D eigenvalue weighted by atomic mass is 10.1. The van der Waals surface area contributed by atoms with E-state index in [2.05, 4.69) is 49.5 Å². The zero-order valence-corrected chi connectivity index (χ0v) is 10.4. The van der Waals surface area contributed by atoms with Gasteiger partial charge in [0, 0.05) is 19.7 Å². The Morgan fingerprint density at radius 2 is 2.06 bits per heavy atom. The smallest absolute Gasteiger partial charge is 0.0718 e. The van der Waals surface area contributed by atoms with Crippen molar-refractivity contribution < 1.29 is 4.74 Å². The first-order chi connectivity index (χ1) is 7.74. The summed E-state index contributed by atoms with van der Waals surface area (Å²) in [6.07, 6.45) is 4.29. The minimum atomic E-state index is 0.527. The summed E-state index contributed by atoms with van der Waals surface area (Å²) >= 11 is 0. The molecular formula is C14H21NO. The second-order valence-corrected chi connectivity index (χ2v) is 4.10. The molecule has 0 aliphatic carbocycles. The molecule has 1 aromatic carbocycles. The lowest BCUT2D eigenvalue weighted by Gasteiger charge is -2.05. The van der Waals surface area contributed by atoms with E-state index < -0.39 is 0 Å². The summed E-state index contributed by atoms with van der Waals surface area (Å²) in [7, 11) is 1.72. The molecule has 16 heavy (non-hydrogen) atoms. The zero-order chi connectivity index (χ0) is 11.8. The van der Waals surface area contributed by atoms with Crippen LogP contribution in [0.5, 0.6) is 0 Å². The molecule has 2 nitrogen and oxygen atoms in total. The lowest BCUT2D eigenvalue weighted by molar-refractivity contribution is 0.184. The molecular weight excluding hydrogens is 198 g/mol. The quantitative estimate of drug-likeness (QED) is 0.794. The normalized spacial score (nSPS) is 11.5. The van der Waals surface area contributed by atoms with Gasteiger partial charge in [-0.25, -0.2) is 0 Å². The highest BCUT2D eigenvalue weighted by Gasteiger charge is 1.96. The SMILES string of the molecule is COCc1ccccc1C=CCNC(C)C. The first-order valence-electron chi connectivity index (χ1n) is 5.71. The number of hydrogen-bond donors (Lipinski definition) is 1. The van der Waals surface area contributed by atoms with Gasteiger partial charge in [0.25, 0.3) is 0 Å². The third kappa shape index (κ3) is 4.60. The molecule has 0 fully saturated rings. The summed E-state index contributed by atoms with van der Waals surface area (Å²) in [4.78, 5) is 0. The molecule has 0 spiro atoms. The maximum Gasteiger partial charge on any atom is 0.0718 e. The van der Waals surface area contributed by atoms with Crippen molar-refractivity contribution in [1.29, 1.82) is 0 Å². The summed E-state index contributed by atoms with van der Waals surface area (Å²) < 4.78 is 5.16. The van der Waals surface area contributed by atoms with E-state index in [-0.39, 0.29) is 0 Å². The standard InChI is InChI=1S/C14H21NO/c1-12(2)15-10-6-9-13-7-4-5-8-14(13)11-16-3/h4-9,12,15H,10-11H2,1-3H3. The number of hydrogen-bond acceptors (Lipinski definition) is 2. The van der Waals surface area contributed by atoms with Crippen molar-refractivity contribution in [2.24, 2.45) is 0 Å². The van der Waals surface area contributed by atoms with E-state index in [1.165, 1.54) is 11.1 Å². The van der Waals surface area contributed by atoms with Gasteiger partial charge in [0.2, 0.25) is 0 Å². The largest absolute Gasteiger partial charge is 0.380 e. The van der Waals surface area contributed by atoms with Gasteiger partial charge in [-0.15, -0.1) is 0 Å². The van der Waals surface area contributed by atoms with Crippen molar-refractivity contribution in [3.8, 4) is 0 Å². The van der Waals surface area contributed by atoms with Crippen molar-refractivity contribution in [2.45, 2.75) is 26.5 Å². The Kier molecular flexibility index (Phi) is 5.83. The van der Waals surface area contributed by atoms with Crippen LogP contribution in [0.3, 0.4) is 0 Å². The van der Waals surface area contributed by atoms with Crippen molar-refractivity contribution in [3.05, 3.63) is 41.5 Å². The Bertz CT molecular complexity index is 331. The van der Waals surface area contributed by atoms with Gasteiger partial charge in [-0.1, -0.05) is 50.3 Å². The highest BCUT2D eigenvalue weighted by Crippen LogP contribution is 2.11. The monoisotopic (exact) mass is 219 g/mol. The first kappa shape index (κ1) is 12.9. The fourth-order valence-electron chi connectivity index (χ4n) is 1.47. The molecule has 0 aromatic heterocycles. The van der Waals surface area contributed by atoms with Crippen LogP contribution in [-0.4, -0.2) is 19.7 Å². The number of benzene rings is 1. The number of ether oxygens (including phenoxy) is 1. The molecule has 1 rings (SSSR count). The summed E-state index contributed by atoms with van der Waals surface area (Å²) in [5, 5.41) is 3.35. The van der Waals surface area contributed by atoms with Crippen LogP contribution < -0.4 is 5.32 Å². The maximum atomic E-state index is 5.16. The highest BCUT2D eigenvalue weighted by molar-refractivity contribution is 5.53. The molecule has 88 valence electrons. The Hall–Kier alpha value is -1.12. The maximum absolute atomic E-state index is 5.16. The molecule has 0 aliphatic rings. The molecule has 0 saturated heterocycles. The second kappa shape index (κ2) is 7.20.